The molecule has 1 unspecified atom stereocenters. The van der Waals surface area contributed by atoms with Crippen molar-refractivity contribution >= 4 is 48.3 Å². The number of amides is 2. The molecule has 1 aromatic carbocycles. The number of likely N-dealkylation sites (tertiary alicyclic amines) is 1. The maximum absolute atomic E-state index is 12.6. The van der Waals surface area contributed by atoms with E-state index < -0.39 is 15.9 Å². The molecule has 1 N–H and O–H groups in total. The van der Waals surface area contributed by atoms with Crippen molar-refractivity contribution in [2.24, 2.45) is 5.92 Å². The van der Waals surface area contributed by atoms with Crippen molar-refractivity contribution in [2.45, 2.75) is 37.6 Å². The second kappa shape index (κ2) is 6.96. The van der Waals surface area contributed by atoms with E-state index in [1.54, 1.807) is 17.0 Å². The number of fused-ring (bicyclic) bond motifs is 1. The summed E-state index contributed by atoms with van der Waals surface area (Å²) in [6.45, 7) is 4.23. The van der Waals surface area contributed by atoms with Gasteiger partial charge in [0, 0.05) is 18.7 Å². The molecule has 0 radical (unpaired) electrons. The second-order valence-electron chi connectivity index (χ2n) is 6.75. The fourth-order valence-electron chi connectivity index (χ4n) is 3.01. The van der Waals surface area contributed by atoms with Crippen LogP contribution in [0.4, 0.5) is 5.13 Å². The van der Waals surface area contributed by atoms with Crippen LogP contribution in [-0.2, 0) is 19.4 Å². The minimum Gasteiger partial charge on any atom is -0.330 e. The first-order chi connectivity index (χ1) is 12.2. The van der Waals surface area contributed by atoms with Crippen LogP contribution >= 0.6 is 11.3 Å². The predicted octanol–water partition coefficient (Wildman–Crippen LogP) is 2.29. The number of thiazole rings is 1. The van der Waals surface area contributed by atoms with E-state index in [1.807, 2.05) is 13.8 Å². The molecule has 9 heteroatoms. The molecule has 2 aromatic rings. The monoisotopic (exact) mass is 395 g/mol. The van der Waals surface area contributed by atoms with Crippen LogP contribution in [0, 0.1) is 5.92 Å². The molecule has 3 rings (SSSR count). The van der Waals surface area contributed by atoms with Crippen LogP contribution in [0.3, 0.4) is 0 Å². The molecule has 1 aliphatic rings. The first kappa shape index (κ1) is 18.8. The molecule has 0 aliphatic carbocycles. The van der Waals surface area contributed by atoms with Crippen LogP contribution in [0.5, 0.6) is 0 Å². The lowest BCUT2D eigenvalue weighted by Crippen LogP contribution is -2.44. The van der Waals surface area contributed by atoms with Gasteiger partial charge in [0.15, 0.2) is 15.0 Å². The number of rotatable bonds is 4. The second-order valence-corrected chi connectivity index (χ2v) is 9.80. The molecule has 1 atom stereocenters. The summed E-state index contributed by atoms with van der Waals surface area (Å²) in [6, 6.07) is 4.20. The maximum Gasteiger partial charge on any atom is 0.248 e. The maximum atomic E-state index is 12.6. The van der Waals surface area contributed by atoms with Gasteiger partial charge in [0.25, 0.3) is 0 Å². The standard InChI is InChI=1S/C17H21N3O4S2/c1-10(2)16(22)20-8-4-5-13(20)15(21)19-17-18-12-7-6-11(26(3,23)24)9-14(12)25-17/h6-7,9-10,13H,4-5,8H2,1-3H3,(H,18,19,21). The summed E-state index contributed by atoms with van der Waals surface area (Å²) < 4.78 is 24.0. The van der Waals surface area contributed by atoms with Gasteiger partial charge in [0.1, 0.15) is 6.04 Å². The number of hydrogen-bond acceptors (Lipinski definition) is 6. The van der Waals surface area contributed by atoms with Crippen LogP contribution in [0.25, 0.3) is 10.2 Å². The van der Waals surface area contributed by atoms with Crippen molar-refractivity contribution < 1.29 is 18.0 Å². The molecule has 0 spiro atoms. The number of hydrogen-bond donors (Lipinski definition) is 1. The van der Waals surface area contributed by atoms with Gasteiger partial charge in [0.05, 0.1) is 15.1 Å². The highest BCUT2D eigenvalue weighted by Gasteiger charge is 2.35. The van der Waals surface area contributed by atoms with Crippen molar-refractivity contribution in [1.29, 1.82) is 0 Å². The quantitative estimate of drug-likeness (QED) is 0.857. The molecule has 1 fully saturated rings. The molecule has 1 aromatic heterocycles. The van der Waals surface area contributed by atoms with E-state index in [-0.39, 0.29) is 22.6 Å². The number of nitrogens with zero attached hydrogens (tertiary/aromatic N) is 2. The Balaban J connectivity index is 1.80. The van der Waals surface area contributed by atoms with Gasteiger partial charge in [-0.15, -0.1) is 0 Å². The first-order valence-electron chi connectivity index (χ1n) is 8.39. The summed E-state index contributed by atoms with van der Waals surface area (Å²) in [4.78, 5) is 31.1. The van der Waals surface area contributed by atoms with Gasteiger partial charge < -0.3 is 10.2 Å². The highest BCUT2D eigenvalue weighted by Crippen LogP contribution is 2.29. The van der Waals surface area contributed by atoms with Crippen LogP contribution in [-0.4, -0.2) is 49.0 Å². The molecular weight excluding hydrogens is 374 g/mol. The molecule has 1 saturated heterocycles. The molecule has 140 valence electrons. The summed E-state index contributed by atoms with van der Waals surface area (Å²) in [6.07, 6.45) is 2.58. The van der Waals surface area contributed by atoms with Crippen molar-refractivity contribution in [3.63, 3.8) is 0 Å². The average Bonchev–Trinajstić information content (AvgIpc) is 3.18. The number of carbonyl (C=O) groups is 2. The van der Waals surface area contributed by atoms with Crippen LogP contribution in [0.2, 0.25) is 0 Å². The lowest BCUT2D eigenvalue weighted by molar-refractivity contribution is -0.139. The van der Waals surface area contributed by atoms with Crippen molar-refractivity contribution in [3.8, 4) is 0 Å². The topological polar surface area (TPSA) is 96.4 Å². The Bertz CT molecular complexity index is 966. The van der Waals surface area contributed by atoms with E-state index >= 15 is 0 Å². The molecule has 0 saturated carbocycles. The smallest absolute Gasteiger partial charge is 0.248 e. The number of sulfone groups is 1. The number of aromatic nitrogens is 1. The van der Waals surface area contributed by atoms with Gasteiger partial charge in [-0.1, -0.05) is 25.2 Å². The van der Waals surface area contributed by atoms with Crippen molar-refractivity contribution in [2.75, 3.05) is 18.1 Å². The minimum atomic E-state index is -3.30. The largest absolute Gasteiger partial charge is 0.330 e. The van der Waals surface area contributed by atoms with E-state index in [4.69, 9.17) is 0 Å². The summed E-state index contributed by atoms with van der Waals surface area (Å²) in [7, 11) is -3.30. The Labute approximate surface area is 156 Å². The summed E-state index contributed by atoms with van der Waals surface area (Å²) in [5, 5.41) is 3.18. The van der Waals surface area contributed by atoms with E-state index in [9.17, 15) is 18.0 Å². The summed E-state index contributed by atoms with van der Waals surface area (Å²) >= 11 is 1.22. The van der Waals surface area contributed by atoms with Crippen molar-refractivity contribution in [1.82, 2.24) is 9.88 Å². The highest BCUT2D eigenvalue weighted by atomic mass is 32.2. The van der Waals surface area contributed by atoms with Gasteiger partial charge in [0.2, 0.25) is 11.8 Å². The lowest BCUT2D eigenvalue weighted by atomic mass is 10.1. The molecule has 0 bridgehead atoms. The van der Waals surface area contributed by atoms with Gasteiger partial charge in [-0.25, -0.2) is 13.4 Å². The SMILES string of the molecule is CC(C)C(=O)N1CCCC1C(=O)Nc1nc2ccc(S(C)(=O)=O)cc2s1. The third-order valence-corrected chi connectivity index (χ3v) is 6.39. The Morgan fingerprint density at radius 1 is 1.35 bits per heavy atom. The molecular formula is C17H21N3O4S2. The first-order valence-corrected chi connectivity index (χ1v) is 11.1. The van der Waals surface area contributed by atoms with Gasteiger partial charge in [-0.3, -0.25) is 9.59 Å². The number of carbonyl (C=O) groups excluding carboxylic acids is 2. The average molecular weight is 396 g/mol. The Morgan fingerprint density at radius 2 is 2.08 bits per heavy atom. The number of nitrogens with one attached hydrogen (secondary N) is 1. The summed E-state index contributed by atoms with van der Waals surface area (Å²) in [5.41, 5.74) is 0.624. The zero-order valence-corrected chi connectivity index (χ0v) is 16.5. The fourth-order valence-corrected chi connectivity index (χ4v) is 4.64. The van der Waals surface area contributed by atoms with Gasteiger partial charge >= 0.3 is 0 Å². The molecule has 26 heavy (non-hydrogen) atoms. The molecule has 7 nitrogen and oxygen atoms in total. The third-order valence-electron chi connectivity index (χ3n) is 4.35. The van der Waals surface area contributed by atoms with Gasteiger partial charge in [-0.2, -0.15) is 0 Å². The molecule has 1 aliphatic heterocycles. The Hall–Kier alpha value is -2.00. The molecule has 2 heterocycles. The normalized spacial score (nSPS) is 17.8. The number of anilines is 1. The Kier molecular flexibility index (Phi) is 5.03. The zero-order chi connectivity index (χ0) is 19.1. The van der Waals surface area contributed by atoms with Crippen LogP contribution in [0.15, 0.2) is 23.1 Å². The minimum absolute atomic E-state index is 0.0234. The third kappa shape index (κ3) is 3.73. The number of benzene rings is 1. The lowest BCUT2D eigenvalue weighted by Gasteiger charge is -2.25. The van der Waals surface area contributed by atoms with E-state index in [2.05, 4.69) is 10.3 Å². The summed E-state index contributed by atoms with van der Waals surface area (Å²) in [5.74, 6) is -0.427. The van der Waals surface area contributed by atoms with Gasteiger partial charge in [-0.05, 0) is 31.0 Å². The van der Waals surface area contributed by atoms with Crippen molar-refractivity contribution in [3.05, 3.63) is 18.2 Å². The highest BCUT2D eigenvalue weighted by molar-refractivity contribution is 7.90. The zero-order valence-electron chi connectivity index (χ0n) is 14.9. The predicted molar refractivity (Wildman–Crippen MR) is 101 cm³/mol. The molecule has 2 amide bonds. The van der Waals surface area contributed by atoms with E-state index in [1.165, 1.54) is 17.4 Å². The van der Waals surface area contributed by atoms with E-state index in [0.29, 0.717) is 28.3 Å². The van der Waals surface area contributed by atoms with Crippen LogP contribution in [0.1, 0.15) is 26.7 Å². The fraction of sp³-hybridized carbons (Fsp3) is 0.471. The Morgan fingerprint density at radius 3 is 2.73 bits per heavy atom. The van der Waals surface area contributed by atoms with E-state index in [0.717, 1.165) is 12.7 Å². The van der Waals surface area contributed by atoms with Crippen LogP contribution < -0.4 is 5.32 Å².